The number of imidazole rings is 1. The number of allylic oxidation sites excluding steroid dienone is 2. The molecule has 29 heteroatoms. The van der Waals surface area contributed by atoms with Gasteiger partial charge in [0.05, 0.1) is 34.4 Å². The number of nitrogens with two attached hydrogens (primary N) is 2. The molecule has 2 atom stereocenters. The summed E-state index contributed by atoms with van der Waals surface area (Å²) in [6, 6.07) is 14.4. The molecule has 2 aromatic carbocycles. The van der Waals surface area contributed by atoms with Crippen LogP contribution in [0.25, 0.3) is 44.6 Å². The Labute approximate surface area is 521 Å². The summed E-state index contributed by atoms with van der Waals surface area (Å²) in [6.45, 7) is 13.8. The van der Waals surface area contributed by atoms with Crippen molar-refractivity contribution in [3.63, 3.8) is 0 Å². The zero-order chi connectivity index (χ0) is 65.4. The minimum atomic E-state index is -1.01. The topological polar surface area (TPSA) is 376 Å². The first-order chi connectivity index (χ1) is 43.5. The maximum atomic E-state index is 14.0. The molecule has 8 N–H and O–H groups in total. The Kier molecular flexibility index (Phi) is 19.7. The lowest BCUT2D eigenvalue weighted by atomic mass is 10.0. The van der Waals surface area contributed by atoms with Gasteiger partial charge in [-0.2, -0.15) is 10.2 Å². The lowest BCUT2D eigenvalue weighted by molar-refractivity contribution is -0.137. The average Bonchev–Trinajstić information content (AvgIpc) is 1.62. The summed E-state index contributed by atoms with van der Waals surface area (Å²) >= 11 is 0. The molecule has 1 aliphatic heterocycles. The number of carbonyl (C=O) groups is 9. The molecule has 8 aromatic rings. The molecular formula is C62H70N18O11. The Morgan fingerprint density at radius 1 is 0.769 bits per heavy atom. The Balaban J connectivity index is 0.849. The molecule has 6 aromatic heterocycles. The number of hydrogen-bond acceptors (Lipinski definition) is 17. The molecule has 7 heterocycles. The van der Waals surface area contributed by atoms with Gasteiger partial charge in [0.2, 0.25) is 29.6 Å². The zero-order valence-corrected chi connectivity index (χ0v) is 51.5. The van der Waals surface area contributed by atoms with E-state index < -0.39 is 65.4 Å². The largest absolute Gasteiger partial charge is 0.491 e. The fraction of sp³-hybridized carbons (Fsp3) is 0.339. The first kappa shape index (κ1) is 64.3. The number of ether oxygens (including phenoxy) is 2. The minimum absolute atomic E-state index is 0.0457. The Morgan fingerprint density at radius 2 is 1.46 bits per heavy atom. The van der Waals surface area contributed by atoms with Crippen molar-refractivity contribution in [3.05, 3.63) is 125 Å². The number of nitrogens with one attached hydrogen (secondary N) is 4. The van der Waals surface area contributed by atoms with Gasteiger partial charge in [0.15, 0.2) is 5.82 Å². The summed E-state index contributed by atoms with van der Waals surface area (Å²) in [7, 11) is 1.56. The second kappa shape index (κ2) is 27.9. The maximum Gasteiger partial charge on any atom is 0.409 e. The van der Waals surface area contributed by atoms with Gasteiger partial charge in [-0.15, -0.1) is 0 Å². The van der Waals surface area contributed by atoms with Crippen molar-refractivity contribution < 1.29 is 52.6 Å². The molecule has 0 fully saturated rings. The summed E-state index contributed by atoms with van der Waals surface area (Å²) in [5.74, 6) is -4.22. The second-order valence-electron chi connectivity index (χ2n) is 21.9. The molecule has 91 heavy (non-hydrogen) atoms. The highest BCUT2D eigenvalue weighted by atomic mass is 16.6. The average molecular weight is 1240 g/mol. The highest BCUT2D eigenvalue weighted by Crippen LogP contribution is 2.33. The van der Waals surface area contributed by atoms with Crippen molar-refractivity contribution in [2.45, 2.75) is 106 Å². The molecular weight excluding hydrogens is 1170 g/mol. The summed E-state index contributed by atoms with van der Waals surface area (Å²) < 4.78 is 19.0. The molecule has 474 valence electrons. The molecule has 9 rings (SSSR count). The Bertz CT molecular complexity index is 4210. The van der Waals surface area contributed by atoms with Gasteiger partial charge in [-0.1, -0.05) is 38.1 Å². The van der Waals surface area contributed by atoms with Crippen LogP contribution in [0, 0.1) is 19.8 Å². The summed E-state index contributed by atoms with van der Waals surface area (Å²) in [4.78, 5) is 136. The van der Waals surface area contributed by atoms with Gasteiger partial charge in [-0.05, 0) is 101 Å². The molecule has 0 radical (unpaired) electrons. The van der Waals surface area contributed by atoms with Crippen LogP contribution in [0.4, 0.5) is 16.4 Å². The normalized spacial score (nSPS) is 13.0. The van der Waals surface area contributed by atoms with Crippen molar-refractivity contribution in [1.82, 2.24) is 69.1 Å². The number of aromatic nitrogens is 10. The SMILES string of the molecule is CCn1nc(C)cc1C(=O)Nc1nc2cc(C(N)=O)cc(OCCCN(C)C(=O)OCc3ccc(NC(=O)[C@H](C)NC(=O)[C@@H](NC(=O)CCN4C(=O)C=CC4=O)C(C)C)cc3)c2n1C/C=C/Cn1c2ccc(C(N)=O)nc2c2cnc(-c3cc(C)nn3CC)nc21. The van der Waals surface area contributed by atoms with E-state index in [0.717, 1.165) is 28.4 Å². The van der Waals surface area contributed by atoms with Crippen LogP contribution in [0.5, 0.6) is 5.75 Å². The van der Waals surface area contributed by atoms with Crippen molar-refractivity contribution in [3.8, 4) is 17.3 Å². The van der Waals surface area contributed by atoms with E-state index in [1.807, 2.05) is 48.2 Å². The molecule has 0 spiro atoms. The van der Waals surface area contributed by atoms with Gasteiger partial charge < -0.3 is 50.9 Å². The fourth-order valence-corrected chi connectivity index (χ4v) is 10.2. The molecule has 29 nitrogen and oxygen atoms in total. The lowest BCUT2D eigenvalue weighted by Gasteiger charge is -2.24. The zero-order valence-electron chi connectivity index (χ0n) is 51.5. The number of rotatable bonds is 27. The molecule has 9 amide bonds. The van der Waals surface area contributed by atoms with Crippen molar-refractivity contribution in [1.29, 1.82) is 0 Å². The number of fused-ring (bicyclic) bond motifs is 4. The highest BCUT2D eigenvalue weighted by molar-refractivity contribution is 6.13. The van der Waals surface area contributed by atoms with Crippen LogP contribution >= 0.6 is 0 Å². The molecule has 0 unspecified atom stereocenters. The molecule has 0 aliphatic carbocycles. The number of anilines is 2. The predicted molar refractivity (Wildman–Crippen MR) is 334 cm³/mol. The first-order valence-electron chi connectivity index (χ1n) is 29.4. The Morgan fingerprint density at radius 3 is 2.14 bits per heavy atom. The van der Waals surface area contributed by atoms with E-state index in [9.17, 15) is 43.2 Å². The van der Waals surface area contributed by atoms with Crippen LogP contribution in [0.2, 0.25) is 0 Å². The number of primary amides is 2. The monoisotopic (exact) mass is 1240 g/mol. The third kappa shape index (κ3) is 14.7. The van der Waals surface area contributed by atoms with Crippen LogP contribution in [0.15, 0.2) is 91.2 Å². The van der Waals surface area contributed by atoms with E-state index in [0.29, 0.717) is 81.1 Å². The van der Waals surface area contributed by atoms with E-state index in [1.165, 1.54) is 24.0 Å². The predicted octanol–water partition coefficient (Wildman–Crippen LogP) is 4.69. The van der Waals surface area contributed by atoms with Crippen LogP contribution in [-0.2, 0) is 61.5 Å². The van der Waals surface area contributed by atoms with E-state index in [2.05, 4.69) is 41.4 Å². The minimum Gasteiger partial charge on any atom is -0.491 e. The van der Waals surface area contributed by atoms with E-state index in [1.54, 1.807) is 85.7 Å². The van der Waals surface area contributed by atoms with E-state index in [-0.39, 0.29) is 74.7 Å². The number of aryl methyl sites for hydroxylation is 4. The van der Waals surface area contributed by atoms with Crippen LogP contribution < -0.4 is 37.5 Å². The summed E-state index contributed by atoms with van der Waals surface area (Å²) in [6.07, 6.45) is 7.13. The van der Waals surface area contributed by atoms with Gasteiger partial charge in [0.1, 0.15) is 58.2 Å². The second-order valence-corrected chi connectivity index (χ2v) is 21.9. The Hall–Kier alpha value is -11.1. The van der Waals surface area contributed by atoms with Crippen LogP contribution in [0.3, 0.4) is 0 Å². The number of carbonyl (C=O) groups excluding carboxylic acids is 9. The molecule has 1 aliphatic rings. The number of pyridine rings is 1. The lowest BCUT2D eigenvalue weighted by Crippen LogP contribution is -2.54. The number of nitrogens with zero attached hydrogens (tertiary/aromatic N) is 12. The van der Waals surface area contributed by atoms with Gasteiger partial charge in [-0.25, -0.2) is 24.7 Å². The van der Waals surface area contributed by atoms with Crippen LogP contribution in [-0.4, -0.2) is 151 Å². The smallest absolute Gasteiger partial charge is 0.409 e. The number of hydrogen-bond donors (Lipinski definition) is 6. The standard InChI is InChI=1S/C62H70N18O11/c1-9-79-45(28-35(5)73-79)56-65-32-41-52-44(19-18-42(68-52)55(64)85)76(57(41)71-56)24-11-12-25-78-53-43(69-61(78)72-59(87)46-29-36(6)74-80(46)10-2)30-39(54(63)84)31-47(53)90-27-13-23-75(8)62(89)91-33-38-14-16-40(17-15-38)67-58(86)37(7)66-60(88)51(34(3)4)70-48(81)22-26-77-49(82)20-21-50(77)83/h11-12,14-21,28-32,34,37,51H,9-10,13,22-27,33H2,1-8H3,(H2,63,84)(H2,64,85)(H,66,88)(H,67,86)(H,70,81)(H,69,72,87)/b12-11+/t37-,51-/m0/s1. The van der Waals surface area contributed by atoms with Crippen LogP contribution in [0.1, 0.15) is 95.7 Å². The maximum absolute atomic E-state index is 14.0. The third-order valence-electron chi connectivity index (χ3n) is 14.9. The first-order valence-corrected chi connectivity index (χ1v) is 29.4. The summed E-state index contributed by atoms with van der Waals surface area (Å²) in [5, 5.41) is 20.5. The van der Waals surface area contributed by atoms with Gasteiger partial charge in [-0.3, -0.25) is 57.9 Å². The molecule has 0 saturated carbocycles. The van der Waals surface area contributed by atoms with Gasteiger partial charge >= 0.3 is 6.09 Å². The van der Waals surface area contributed by atoms with Crippen molar-refractivity contribution in [2.24, 2.45) is 17.4 Å². The van der Waals surface area contributed by atoms with E-state index >= 15 is 0 Å². The number of imide groups is 1. The van der Waals surface area contributed by atoms with Crippen molar-refractivity contribution in [2.75, 3.05) is 37.4 Å². The summed E-state index contributed by atoms with van der Waals surface area (Å²) in [5.41, 5.74) is 17.6. The van der Waals surface area contributed by atoms with Crippen molar-refractivity contribution >= 4 is 98.1 Å². The molecule has 0 saturated heterocycles. The third-order valence-corrected chi connectivity index (χ3v) is 14.9. The van der Waals surface area contributed by atoms with Gasteiger partial charge in [0.25, 0.3) is 23.6 Å². The molecule has 0 bridgehead atoms. The van der Waals surface area contributed by atoms with E-state index in [4.69, 9.17) is 30.9 Å². The van der Waals surface area contributed by atoms with Gasteiger partial charge in [0, 0.05) is 82.3 Å². The quantitative estimate of drug-likeness (QED) is 0.0231. The fourth-order valence-electron chi connectivity index (χ4n) is 10.2. The number of benzene rings is 2. The number of amides is 9. The highest BCUT2D eigenvalue weighted by Gasteiger charge is 2.30.